The summed E-state index contributed by atoms with van der Waals surface area (Å²) >= 11 is 0. The van der Waals surface area contributed by atoms with Crippen molar-refractivity contribution >= 4 is 11.1 Å². The molecule has 110 valence electrons. The van der Waals surface area contributed by atoms with E-state index in [1.54, 1.807) is 31.2 Å². The second-order valence-corrected chi connectivity index (χ2v) is 4.80. The van der Waals surface area contributed by atoms with Gasteiger partial charge in [0.25, 0.3) is 0 Å². The number of benzene rings is 1. The number of para-hydroxylation sites is 2. The molecule has 0 aliphatic heterocycles. The Balaban J connectivity index is 2.02. The number of nitrogens with zero attached hydrogens (tertiary/aromatic N) is 1. The van der Waals surface area contributed by atoms with Gasteiger partial charge < -0.3 is 14.4 Å². The van der Waals surface area contributed by atoms with Crippen molar-refractivity contribution in [1.82, 2.24) is 4.73 Å². The molecule has 0 unspecified atom stereocenters. The van der Waals surface area contributed by atoms with E-state index in [0.29, 0.717) is 23.9 Å². The van der Waals surface area contributed by atoms with Crippen LogP contribution >= 0.6 is 0 Å². The summed E-state index contributed by atoms with van der Waals surface area (Å²) in [4.78, 5) is 17.1. The number of alkyl halides is 1. The van der Waals surface area contributed by atoms with Gasteiger partial charge in [-0.15, -0.1) is 4.73 Å². The van der Waals surface area contributed by atoms with Gasteiger partial charge in [0.05, 0.1) is 12.8 Å². The molecule has 1 heterocycles. The molecule has 1 aromatic heterocycles. The van der Waals surface area contributed by atoms with Gasteiger partial charge in [-0.25, -0.2) is 4.79 Å². The van der Waals surface area contributed by atoms with E-state index in [0.717, 1.165) is 4.73 Å². The van der Waals surface area contributed by atoms with Crippen molar-refractivity contribution < 1.29 is 18.8 Å². The number of hydrogen-bond acceptors (Lipinski definition) is 4. The summed E-state index contributed by atoms with van der Waals surface area (Å²) in [5, 5.41) is 9.80. The van der Waals surface area contributed by atoms with Crippen LogP contribution in [0, 0.1) is 5.92 Å². The fraction of sp³-hybridized carbons (Fsp3) is 0.500. The minimum atomic E-state index is -0.653. The Morgan fingerprint density at radius 3 is 2.95 bits per heavy atom. The summed E-state index contributed by atoms with van der Waals surface area (Å²) in [7, 11) is 0. The Kier molecular flexibility index (Phi) is 4.79. The molecular weight excluding hydrogens is 265 g/mol. The number of aliphatic hydroxyl groups is 1. The van der Waals surface area contributed by atoms with Crippen LogP contribution in [-0.4, -0.2) is 29.2 Å². The van der Waals surface area contributed by atoms with Gasteiger partial charge in [0.1, 0.15) is 12.1 Å². The molecule has 0 spiro atoms. The smallest absolute Gasteiger partial charge is 0.407 e. The molecule has 1 N–H and O–H groups in total. The molecule has 0 aliphatic rings. The number of halogens is 1. The molecule has 2 aromatic rings. The number of oxazole rings is 1. The molecule has 5 nitrogen and oxygen atoms in total. The van der Waals surface area contributed by atoms with E-state index < -0.39 is 18.5 Å². The average Bonchev–Trinajstić information content (AvgIpc) is 2.77. The van der Waals surface area contributed by atoms with E-state index in [1.807, 2.05) is 0 Å². The quantitative estimate of drug-likeness (QED) is 0.841. The number of aromatic nitrogens is 1. The molecule has 0 radical (unpaired) electrons. The third kappa shape index (κ3) is 3.19. The highest BCUT2D eigenvalue weighted by molar-refractivity contribution is 5.72. The lowest BCUT2D eigenvalue weighted by Crippen LogP contribution is -2.31. The number of aliphatic hydroxyl groups excluding tert-OH is 1. The van der Waals surface area contributed by atoms with Crippen molar-refractivity contribution in [1.29, 1.82) is 0 Å². The molecule has 6 heteroatoms. The Labute approximate surface area is 115 Å². The zero-order valence-electron chi connectivity index (χ0n) is 11.3. The number of fused-ring (bicyclic) bond motifs is 1. The van der Waals surface area contributed by atoms with Crippen LogP contribution in [0.25, 0.3) is 11.1 Å². The second kappa shape index (κ2) is 6.56. The van der Waals surface area contributed by atoms with Gasteiger partial charge in [-0.3, -0.25) is 4.39 Å². The van der Waals surface area contributed by atoms with Gasteiger partial charge in [-0.1, -0.05) is 19.1 Å². The second-order valence-electron chi connectivity index (χ2n) is 4.80. The Hall–Kier alpha value is -1.82. The first-order chi connectivity index (χ1) is 9.63. The SMILES string of the molecule is C[C@H](COn1c(=O)oc2ccccc21)[C@@H](O)CCCF. The molecule has 0 amide bonds. The first kappa shape index (κ1) is 14.6. The number of rotatable bonds is 7. The zero-order valence-corrected chi connectivity index (χ0v) is 11.3. The summed E-state index contributed by atoms with van der Waals surface area (Å²) in [5.41, 5.74) is 0.992. The molecular formula is C14H18FNO4. The first-order valence-electron chi connectivity index (χ1n) is 6.61. The van der Waals surface area contributed by atoms with Crippen LogP contribution in [0.2, 0.25) is 0 Å². The summed E-state index contributed by atoms with van der Waals surface area (Å²) < 4.78 is 18.2. The van der Waals surface area contributed by atoms with Gasteiger partial charge in [-0.2, -0.15) is 0 Å². The van der Waals surface area contributed by atoms with Crippen LogP contribution < -0.4 is 10.6 Å². The van der Waals surface area contributed by atoms with Gasteiger partial charge in [-0.05, 0) is 25.0 Å². The summed E-state index contributed by atoms with van der Waals surface area (Å²) in [6.45, 7) is 1.49. The lowest BCUT2D eigenvalue weighted by atomic mass is 10.0. The van der Waals surface area contributed by atoms with E-state index in [2.05, 4.69) is 0 Å². The van der Waals surface area contributed by atoms with Crippen LogP contribution in [0.1, 0.15) is 19.8 Å². The highest BCUT2D eigenvalue weighted by Crippen LogP contribution is 2.12. The fourth-order valence-electron chi connectivity index (χ4n) is 1.94. The topological polar surface area (TPSA) is 64.6 Å². The van der Waals surface area contributed by atoms with Crippen molar-refractivity contribution in [2.45, 2.75) is 25.9 Å². The number of hydrogen-bond donors (Lipinski definition) is 1. The van der Waals surface area contributed by atoms with Crippen LogP contribution in [-0.2, 0) is 0 Å². The van der Waals surface area contributed by atoms with Crippen molar-refractivity contribution in [3.05, 3.63) is 34.8 Å². The van der Waals surface area contributed by atoms with Gasteiger partial charge in [0.15, 0.2) is 5.58 Å². The van der Waals surface area contributed by atoms with Crippen LogP contribution in [0.3, 0.4) is 0 Å². The maximum absolute atomic E-state index is 12.1. The van der Waals surface area contributed by atoms with Crippen LogP contribution in [0.5, 0.6) is 0 Å². The minimum Gasteiger partial charge on any atom is -0.407 e. The van der Waals surface area contributed by atoms with E-state index in [4.69, 9.17) is 9.25 Å². The Morgan fingerprint density at radius 2 is 2.20 bits per heavy atom. The van der Waals surface area contributed by atoms with Crippen LogP contribution in [0.15, 0.2) is 33.5 Å². The summed E-state index contributed by atoms with van der Waals surface area (Å²) in [5.74, 6) is -0.807. The van der Waals surface area contributed by atoms with Gasteiger partial charge >= 0.3 is 5.76 Å². The van der Waals surface area contributed by atoms with E-state index in [9.17, 15) is 14.3 Å². The largest absolute Gasteiger partial charge is 0.453 e. The lowest BCUT2D eigenvalue weighted by Gasteiger charge is -2.18. The van der Waals surface area contributed by atoms with E-state index in [-0.39, 0.29) is 12.5 Å². The summed E-state index contributed by atoms with van der Waals surface area (Å²) in [6.07, 6.45) is 0.0435. The van der Waals surface area contributed by atoms with Gasteiger partial charge in [0.2, 0.25) is 0 Å². The first-order valence-corrected chi connectivity index (χ1v) is 6.61. The molecule has 0 bridgehead atoms. The fourth-order valence-corrected chi connectivity index (χ4v) is 1.94. The van der Waals surface area contributed by atoms with Crippen molar-refractivity contribution in [2.24, 2.45) is 5.92 Å². The van der Waals surface area contributed by atoms with Crippen molar-refractivity contribution in [3.63, 3.8) is 0 Å². The monoisotopic (exact) mass is 283 g/mol. The third-order valence-electron chi connectivity index (χ3n) is 3.20. The molecule has 20 heavy (non-hydrogen) atoms. The maximum atomic E-state index is 12.1. The Bertz CT molecular complexity index is 606. The zero-order chi connectivity index (χ0) is 14.5. The van der Waals surface area contributed by atoms with Crippen molar-refractivity contribution in [2.75, 3.05) is 13.3 Å². The minimum absolute atomic E-state index is 0.150. The lowest BCUT2D eigenvalue weighted by molar-refractivity contribution is 0.0197. The summed E-state index contributed by atoms with van der Waals surface area (Å²) in [6, 6.07) is 6.93. The third-order valence-corrected chi connectivity index (χ3v) is 3.20. The highest BCUT2D eigenvalue weighted by Gasteiger charge is 2.17. The predicted octanol–water partition coefficient (Wildman–Crippen LogP) is 1.77. The van der Waals surface area contributed by atoms with E-state index in [1.165, 1.54) is 0 Å². The molecule has 0 fully saturated rings. The van der Waals surface area contributed by atoms with E-state index >= 15 is 0 Å². The maximum Gasteiger partial charge on any atom is 0.453 e. The van der Waals surface area contributed by atoms with Gasteiger partial charge in [0, 0.05) is 5.92 Å². The van der Waals surface area contributed by atoms with Crippen LogP contribution in [0.4, 0.5) is 4.39 Å². The average molecular weight is 283 g/mol. The highest BCUT2D eigenvalue weighted by atomic mass is 19.1. The molecule has 2 atom stereocenters. The molecule has 0 aliphatic carbocycles. The predicted molar refractivity (Wildman–Crippen MR) is 72.3 cm³/mol. The Morgan fingerprint density at radius 1 is 1.45 bits per heavy atom. The standard InChI is InChI=1S/C14H18FNO4/c1-10(12(17)6-4-8-15)9-19-16-11-5-2-3-7-13(11)20-14(16)18/h2-3,5,7,10,12,17H,4,6,8-9H2,1H3/t10-,12+/m1/s1. The van der Waals surface area contributed by atoms with Crippen molar-refractivity contribution in [3.8, 4) is 0 Å². The molecule has 0 saturated carbocycles. The molecule has 0 saturated heterocycles. The molecule has 1 aromatic carbocycles. The normalized spacial score (nSPS) is 14.3. The molecule has 2 rings (SSSR count).